The SMILES string of the molecule is CCOC(=O)C=C(C)C=CC=C(C)c1ccc2ccccc2c1. The first kappa shape index (κ1) is 16.8. The molecule has 0 heterocycles. The second-order valence-corrected chi connectivity index (χ2v) is 5.41. The Bertz CT molecular complexity index is 779. The van der Waals surface area contributed by atoms with E-state index < -0.39 is 0 Å². The predicted molar refractivity (Wildman–Crippen MR) is 97.1 cm³/mol. The molecule has 0 amide bonds. The van der Waals surface area contributed by atoms with Gasteiger partial charge in [-0.2, -0.15) is 0 Å². The lowest BCUT2D eigenvalue weighted by molar-refractivity contribution is -0.137. The summed E-state index contributed by atoms with van der Waals surface area (Å²) in [7, 11) is 0. The standard InChI is InChI=1S/C21H22O2/c1-4-23-21(22)14-16(2)8-7-9-17(3)19-13-12-18-10-5-6-11-20(18)15-19/h5-15H,4H2,1-3H3. The predicted octanol–water partition coefficient (Wildman–Crippen LogP) is 5.31. The maximum atomic E-state index is 11.3. The zero-order valence-corrected chi connectivity index (χ0v) is 13.9. The molecule has 0 aliphatic carbocycles. The minimum atomic E-state index is -0.301. The van der Waals surface area contributed by atoms with Gasteiger partial charge in [-0.3, -0.25) is 0 Å². The maximum absolute atomic E-state index is 11.3. The highest BCUT2D eigenvalue weighted by Gasteiger charge is 1.98. The van der Waals surface area contributed by atoms with Crippen molar-refractivity contribution in [3.05, 3.63) is 77.9 Å². The van der Waals surface area contributed by atoms with Crippen molar-refractivity contribution in [2.24, 2.45) is 0 Å². The van der Waals surface area contributed by atoms with Crippen LogP contribution in [0.3, 0.4) is 0 Å². The second kappa shape index (κ2) is 8.14. The van der Waals surface area contributed by atoms with Gasteiger partial charge < -0.3 is 4.74 Å². The minimum absolute atomic E-state index is 0.301. The molecule has 2 aromatic carbocycles. The number of hydrogen-bond donors (Lipinski definition) is 0. The highest BCUT2D eigenvalue weighted by Crippen LogP contribution is 2.21. The van der Waals surface area contributed by atoms with Gasteiger partial charge in [-0.15, -0.1) is 0 Å². The Morgan fingerprint density at radius 2 is 1.83 bits per heavy atom. The summed E-state index contributed by atoms with van der Waals surface area (Å²) < 4.78 is 4.89. The van der Waals surface area contributed by atoms with Crippen LogP contribution in [0.2, 0.25) is 0 Å². The van der Waals surface area contributed by atoms with Crippen molar-refractivity contribution >= 4 is 22.3 Å². The molecule has 2 heteroatoms. The number of carbonyl (C=O) groups excluding carboxylic acids is 1. The van der Waals surface area contributed by atoms with Gasteiger partial charge in [0, 0.05) is 6.08 Å². The number of carbonyl (C=O) groups is 1. The fourth-order valence-electron chi connectivity index (χ4n) is 2.29. The number of esters is 1. The summed E-state index contributed by atoms with van der Waals surface area (Å²) in [4.78, 5) is 11.3. The number of benzene rings is 2. The highest BCUT2D eigenvalue weighted by atomic mass is 16.5. The molecule has 2 rings (SSSR count). The molecule has 0 unspecified atom stereocenters. The average Bonchev–Trinajstić information content (AvgIpc) is 2.54. The van der Waals surface area contributed by atoms with Crippen LogP contribution in [0.4, 0.5) is 0 Å². The van der Waals surface area contributed by atoms with Gasteiger partial charge in [-0.05, 0) is 54.3 Å². The van der Waals surface area contributed by atoms with E-state index in [0.29, 0.717) is 6.61 Å². The molecule has 118 valence electrons. The van der Waals surface area contributed by atoms with Crippen LogP contribution in [0.5, 0.6) is 0 Å². The van der Waals surface area contributed by atoms with Gasteiger partial charge in [-0.25, -0.2) is 4.79 Å². The molecule has 0 aliphatic rings. The van der Waals surface area contributed by atoms with E-state index in [1.54, 1.807) is 6.92 Å². The zero-order chi connectivity index (χ0) is 16.7. The van der Waals surface area contributed by atoms with E-state index in [1.165, 1.54) is 28.0 Å². The van der Waals surface area contributed by atoms with Crippen molar-refractivity contribution in [3.63, 3.8) is 0 Å². The smallest absolute Gasteiger partial charge is 0.330 e. The van der Waals surface area contributed by atoms with Gasteiger partial charge in [0.25, 0.3) is 0 Å². The van der Waals surface area contributed by atoms with E-state index in [9.17, 15) is 4.79 Å². The molecule has 0 saturated heterocycles. The first-order valence-electron chi connectivity index (χ1n) is 7.79. The third-order valence-electron chi connectivity index (χ3n) is 3.54. The van der Waals surface area contributed by atoms with Crippen molar-refractivity contribution in [2.75, 3.05) is 6.61 Å². The van der Waals surface area contributed by atoms with Crippen LogP contribution in [-0.2, 0) is 9.53 Å². The third-order valence-corrected chi connectivity index (χ3v) is 3.54. The lowest BCUT2D eigenvalue weighted by atomic mass is 10.0. The molecule has 23 heavy (non-hydrogen) atoms. The number of ether oxygens (including phenoxy) is 1. The molecule has 0 N–H and O–H groups in total. The second-order valence-electron chi connectivity index (χ2n) is 5.41. The molecule has 0 bridgehead atoms. The molecule has 0 aromatic heterocycles. The summed E-state index contributed by atoms with van der Waals surface area (Å²) in [5.74, 6) is -0.301. The van der Waals surface area contributed by atoms with Gasteiger partial charge in [0.2, 0.25) is 0 Å². The Morgan fingerprint density at radius 3 is 2.57 bits per heavy atom. The monoisotopic (exact) mass is 306 g/mol. The van der Waals surface area contributed by atoms with Crippen LogP contribution in [-0.4, -0.2) is 12.6 Å². The quantitative estimate of drug-likeness (QED) is 0.425. The van der Waals surface area contributed by atoms with E-state index in [-0.39, 0.29) is 5.97 Å². The Kier molecular flexibility index (Phi) is 5.93. The topological polar surface area (TPSA) is 26.3 Å². The van der Waals surface area contributed by atoms with Crippen molar-refractivity contribution in [2.45, 2.75) is 20.8 Å². The lowest BCUT2D eigenvalue weighted by Crippen LogP contribution is -1.99. The normalized spacial score (nSPS) is 12.8. The molecule has 0 spiro atoms. The molecule has 0 radical (unpaired) electrons. The molecule has 0 fully saturated rings. The van der Waals surface area contributed by atoms with E-state index >= 15 is 0 Å². The summed E-state index contributed by atoms with van der Waals surface area (Å²) in [6, 6.07) is 14.8. The molecule has 0 saturated carbocycles. The van der Waals surface area contributed by atoms with E-state index in [4.69, 9.17) is 4.74 Å². The summed E-state index contributed by atoms with van der Waals surface area (Å²) in [6.45, 7) is 6.16. The number of allylic oxidation sites excluding steroid dienone is 5. The Morgan fingerprint density at radius 1 is 1.09 bits per heavy atom. The third kappa shape index (κ3) is 4.96. The summed E-state index contributed by atoms with van der Waals surface area (Å²) >= 11 is 0. The van der Waals surface area contributed by atoms with E-state index in [2.05, 4.69) is 43.3 Å². The summed E-state index contributed by atoms with van der Waals surface area (Å²) in [5, 5.41) is 2.48. The van der Waals surface area contributed by atoms with Crippen LogP contribution in [0.1, 0.15) is 26.3 Å². The largest absolute Gasteiger partial charge is 0.463 e. The van der Waals surface area contributed by atoms with Crippen molar-refractivity contribution < 1.29 is 9.53 Å². The molecule has 0 atom stereocenters. The molecule has 2 aromatic rings. The number of hydrogen-bond acceptors (Lipinski definition) is 2. The van der Waals surface area contributed by atoms with Crippen molar-refractivity contribution in [1.29, 1.82) is 0 Å². The first-order chi connectivity index (χ1) is 11.1. The lowest BCUT2D eigenvalue weighted by Gasteiger charge is -2.03. The molecular weight excluding hydrogens is 284 g/mol. The van der Waals surface area contributed by atoms with Gasteiger partial charge in [0.05, 0.1) is 6.61 Å². The van der Waals surface area contributed by atoms with E-state index in [0.717, 1.165) is 5.57 Å². The van der Waals surface area contributed by atoms with E-state index in [1.807, 2.05) is 31.2 Å². The van der Waals surface area contributed by atoms with Gasteiger partial charge in [-0.1, -0.05) is 54.6 Å². The summed E-state index contributed by atoms with van der Waals surface area (Å²) in [6.07, 6.45) is 7.41. The molecular formula is C21H22O2. The van der Waals surface area contributed by atoms with Crippen molar-refractivity contribution in [3.8, 4) is 0 Å². The van der Waals surface area contributed by atoms with Crippen LogP contribution in [0.25, 0.3) is 16.3 Å². The fraction of sp³-hybridized carbons (Fsp3) is 0.190. The van der Waals surface area contributed by atoms with Crippen LogP contribution < -0.4 is 0 Å². The van der Waals surface area contributed by atoms with Crippen LogP contribution in [0.15, 0.2) is 72.3 Å². The van der Waals surface area contributed by atoms with Gasteiger partial charge >= 0.3 is 5.97 Å². The average molecular weight is 306 g/mol. The molecule has 2 nitrogen and oxygen atoms in total. The van der Waals surface area contributed by atoms with Gasteiger partial charge in [0.1, 0.15) is 0 Å². The molecule has 0 aliphatic heterocycles. The Labute approximate surface area is 137 Å². The Hall–Kier alpha value is -2.61. The van der Waals surface area contributed by atoms with Crippen LogP contribution in [0, 0.1) is 0 Å². The Balaban J connectivity index is 2.12. The number of rotatable bonds is 5. The zero-order valence-electron chi connectivity index (χ0n) is 13.9. The minimum Gasteiger partial charge on any atom is -0.463 e. The first-order valence-corrected chi connectivity index (χ1v) is 7.79. The fourth-order valence-corrected chi connectivity index (χ4v) is 2.29. The van der Waals surface area contributed by atoms with Gasteiger partial charge in [0.15, 0.2) is 0 Å². The van der Waals surface area contributed by atoms with Crippen LogP contribution >= 0.6 is 0 Å². The maximum Gasteiger partial charge on any atom is 0.330 e. The summed E-state index contributed by atoms with van der Waals surface area (Å²) in [5.41, 5.74) is 3.24. The highest BCUT2D eigenvalue weighted by molar-refractivity contribution is 5.86. The van der Waals surface area contributed by atoms with Crippen molar-refractivity contribution in [1.82, 2.24) is 0 Å². The number of fused-ring (bicyclic) bond motifs is 1.